The molecule has 1 aromatic carbocycles. The first-order valence-corrected chi connectivity index (χ1v) is 5.88. The van der Waals surface area contributed by atoms with E-state index in [0.29, 0.717) is 31.8 Å². The van der Waals surface area contributed by atoms with Crippen molar-refractivity contribution in [1.82, 2.24) is 0 Å². The quantitative estimate of drug-likeness (QED) is 0.348. The van der Waals surface area contributed by atoms with Crippen LogP contribution in [-0.2, 0) is 16.0 Å². The Kier molecular flexibility index (Phi) is 4.22. The molecule has 2 rings (SSSR count). The van der Waals surface area contributed by atoms with E-state index in [1.807, 2.05) is 18.2 Å². The zero-order valence-electron chi connectivity index (χ0n) is 10.3. The second kappa shape index (κ2) is 5.88. The van der Waals surface area contributed by atoms with Gasteiger partial charge >= 0.3 is 7.12 Å². The summed E-state index contributed by atoms with van der Waals surface area (Å²) in [6.45, 7) is 0.900. The van der Waals surface area contributed by atoms with Crippen molar-refractivity contribution in [2.75, 3.05) is 13.7 Å². The highest BCUT2D eigenvalue weighted by Crippen LogP contribution is 2.18. The van der Waals surface area contributed by atoms with Gasteiger partial charge in [0.1, 0.15) is 5.75 Å². The van der Waals surface area contributed by atoms with E-state index < -0.39 is 7.12 Å². The molecule has 0 atom stereocenters. The number of methoxy groups -OCH3 is 1. The predicted molar refractivity (Wildman–Crippen MR) is 68.3 cm³/mol. The van der Waals surface area contributed by atoms with Crippen molar-refractivity contribution in [1.29, 1.82) is 5.41 Å². The molecule has 6 heteroatoms. The molecule has 0 radical (unpaired) electrons. The predicted octanol–water partition coefficient (Wildman–Crippen LogP) is 0.687. The van der Waals surface area contributed by atoms with E-state index in [4.69, 9.17) is 19.5 Å². The fraction of sp³-hybridized carbons (Fsp3) is 0.417. The molecule has 1 aliphatic rings. The Labute approximate surface area is 106 Å². The van der Waals surface area contributed by atoms with Gasteiger partial charge in [-0.05, 0) is 18.1 Å². The third-order valence-electron chi connectivity index (χ3n) is 2.85. The van der Waals surface area contributed by atoms with Gasteiger partial charge in [0.25, 0.3) is 0 Å². The van der Waals surface area contributed by atoms with Gasteiger partial charge < -0.3 is 19.2 Å². The van der Waals surface area contributed by atoms with Gasteiger partial charge in [0, 0.05) is 11.9 Å². The number of fused-ring (bicyclic) bond motifs is 1. The largest absolute Gasteiger partial charge is 0.495 e. The van der Waals surface area contributed by atoms with Gasteiger partial charge in [0.15, 0.2) is 5.90 Å². The van der Waals surface area contributed by atoms with Gasteiger partial charge in [0.2, 0.25) is 0 Å². The molecule has 0 amide bonds. The molecule has 5 nitrogen and oxygen atoms in total. The first-order valence-electron chi connectivity index (χ1n) is 5.88. The second-order valence-corrected chi connectivity index (χ2v) is 4.07. The summed E-state index contributed by atoms with van der Waals surface area (Å²) in [6.07, 6.45) is 1.25. The van der Waals surface area contributed by atoms with Crippen LogP contribution >= 0.6 is 0 Å². The molecule has 1 aromatic rings. The average molecular weight is 249 g/mol. The van der Waals surface area contributed by atoms with E-state index in [0.717, 1.165) is 11.0 Å². The Hall–Kier alpha value is -1.53. The van der Waals surface area contributed by atoms with Gasteiger partial charge in [-0.2, -0.15) is 0 Å². The molecule has 0 saturated heterocycles. The van der Waals surface area contributed by atoms with E-state index in [9.17, 15) is 5.02 Å². The Bertz CT molecular complexity index is 438. The van der Waals surface area contributed by atoms with Gasteiger partial charge in [-0.15, -0.1) is 0 Å². The summed E-state index contributed by atoms with van der Waals surface area (Å²) in [5.74, 6) is 0.904. The van der Waals surface area contributed by atoms with Gasteiger partial charge in [0.05, 0.1) is 20.3 Å². The van der Waals surface area contributed by atoms with Crippen LogP contribution in [0.5, 0.6) is 5.75 Å². The number of hydrogen-bond donors (Lipinski definition) is 2. The Morgan fingerprint density at radius 1 is 1.56 bits per heavy atom. The number of benzene rings is 1. The van der Waals surface area contributed by atoms with Gasteiger partial charge in [-0.3, -0.25) is 5.41 Å². The maximum absolute atomic E-state index is 9.69. The van der Waals surface area contributed by atoms with E-state index in [2.05, 4.69) is 0 Å². The lowest BCUT2D eigenvalue weighted by atomic mass is 9.79. The number of ether oxygens (including phenoxy) is 2. The minimum Gasteiger partial charge on any atom is -0.494 e. The van der Waals surface area contributed by atoms with Crippen molar-refractivity contribution in [3.63, 3.8) is 0 Å². The highest BCUT2D eigenvalue weighted by molar-refractivity contribution is 6.62. The highest BCUT2D eigenvalue weighted by Gasteiger charge is 2.30. The van der Waals surface area contributed by atoms with Crippen LogP contribution in [0.3, 0.4) is 0 Å². The zero-order valence-corrected chi connectivity index (χ0v) is 10.3. The maximum atomic E-state index is 9.69. The van der Waals surface area contributed by atoms with E-state index in [-0.39, 0.29) is 5.90 Å². The molecule has 0 spiro atoms. The zero-order chi connectivity index (χ0) is 13.0. The standard InChI is InChI=1S/C12H16BNO4/c1-16-11(14)6-3-7-17-10-5-2-4-9-8-18-13(15)12(9)10/h2,4-5,14-15H,3,6-8H2,1H3. The van der Waals surface area contributed by atoms with Crippen molar-refractivity contribution >= 4 is 18.5 Å². The molecule has 0 unspecified atom stereocenters. The summed E-state index contributed by atoms with van der Waals surface area (Å²) in [6, 6.07) is 5.62. The Morgan fingerprint density at radius 3 is 3.17 bits per heavy atom. The van der Waals surface area contributed by atoms with Gasteiger partial charge in [-0.1, -0.05) is 12.1 Å². The molecule has 96 valence electrons. The first kappa shape index (κ1) is 12.9. The number of nitrogens with one attached hydrogen (secondary N) is 1. The van der Waals surface area contributed by atoms with Crippen LogP contribution in [0, 0.1) is 5.41 Å². The molecular formula is C12H16BNO4. The minimum atomic E-state index is -0.895. The van der Waals surface area contributed by atoms with Crippen molar-refractivity contribution < 1.29 is 19.2 Å². The normalized spacial score (nSPS) is 13.3. The van der Waals surface area contributed by atoms with Crippen LogP contribution in [0.25, 0.3) is 0 Å². The molecule has 0 fully saturated rings. The lowest BCUT2D eigenvalue weighted by molar-refractivity contribution is 0.274. The molecule has 2 N–H and O–H groups in total. The van der Waals surface area contributed by atoms with E-state index in [1.54, 1.807) is 0 Å². The van der Waals surface area contributed by atoms with Crippen molar-refractivity contribution in [2.45, 2.75) is 19.4 Å². The average Bonchev–Trinajstić information content (AvgIpc) is 2.77. The van der Waals surface area contributed by atoms with E-state index >= 15 is 0 Å². The highest BCUT2D eigenvalue weighted by atomic mass is 16.5. The Morgan fingerprint density at radius 2 is 2.39 bits per heavy atom. The molecule has 18 heavy (non-hydrogen) atoms. The maximum Gasteiger partial charge on any atom is 0.495 e. The fourth-order valence-corrected chi connectivity index (χ4v) is 1.89. The topological polar surface area (TPSA) is 71.8 Å². The lowest BCUT2D eigenvalue weighted by Gasteiger charge is -2.10. The molecule has 1 heterocycles. The summed E-state index contributed by atoms with van der Waals surface area (Å²) in [5, 5.41) is 17.0. The molecule has 0 saturated carbocycles. The molecule has 0 bridgehead atoms. The fourth-order valence-electron chi connectivity index (χ4n) is 1.89. The molecule has 0 aliphatic carbocycles. The number of rotatable bonds is 5. The van der Waals surface area contributed by atoms with Gasteiger partial charge in [-0.25, -0.2) is 0 Å². The smallest absolute Gasteiger partial charge is 0.494 e. The Balaban J connectivity index is 1.91. The summed E-state index contributed by atoms with van der Waals surface area (Å²) in [7, 11) is 0.592. The summed E-state index contributed by atoms with van der Waals surface area (Å²) < 4.78 is 15.5. The molecular weight excluding hydrogens is 233 g/mol. The summed E-state index contributed by atoms with van der Waals surface area (Å²) in [5.41, 5.74) is 1.68. The first-order chi connectivity index (χ1) is 8.72. The van der Waals surface area contributed by atoms with Crippen LogP contribution in [0.15, 0.2) is 18.2 Å². The minimum absolute atomic E-state index is 0.250. The van der Waals surface area contributed by atoms with Crippen LogP contribution in [-0.4, -0.2) is 31.8 Å². The number of hydrogen-bond acceptors (Lipinski definition) is 5. The van der Waals surface area contributed by atoms with Crippen molar-refractivity contribution in [3.05, 3.63) is 23.8 Å². The SMILES string of the molecule is COC(=N)CCCOc1cccc2c1B(O)OC2. The lowest BCUT2D eigenvalue weighted by Crippen LogP contribution is -2.30. The van der Waals surface area contributed by atoms with Crippen LogP contribution in [0.2, 0.25) is 0 Å². The third kappa shape index (κ3) is 2.83. The van der Waals surface area contributed by atoms with Crippen LogP contribution in [0.4, 0.5) is 0 Å². The summed E-state index contributed by atoms with van der Waals surface area (Å²) >= 11 is 0. The third-order valence-corrected chi connectivity index (χ3v) is 2.85. The molecule has 1 aliphatic heterocycles. The monoisotopic (exact) mass is 249 g/mol. The van der Waals surface area contributed by atoms with Crippen molar-refractivity contribution in [3.8, 4) is 5.75 Å². The van der Waals surface area contributed by atoms with Crippen molar-refractivity contribution in [2.24, 2.45) is 0 Å². The van der Waals surface area contributed by atoms with Crippen LogP contribution < -0.4 is 10.2 Å². The van der Waals surface area contributed by atoms with Crippen LogP contribution in [0.1, 0.15) is 18.4 Å². The second-order valence-electron chi connectivity index (χ2n) is 4.07. The van der Waals surface area contributed by atoms with E-state index in [1.165, 1.54) is 7.11 Å². The molecule has 0 aromatic heterocycles. The summed E-state index contributed by atoms with van der Waals surface area (Å²) in [4.78, 5) is 0.